The maximum Gasteiger partial charge on any atom is 0.325 e. The molecule has 0 fully saturated rings. The van der Waals surface area contributed by atoms with Crippen LogP contribution >= 0.6 is 11.6 Å². The van der Waals surface area contributed by atoms with Crippen LogP contribution in [0.2, 0.25) is 5.02 Å². The number of H-pyrrole nitrogens is 3. The summed E-state index contributed by atoms with van der Waals surface area (Å²) in [7, 11) is 0. The monoisotopic (exact) mass is 359 g/mol. The van der Waals surface area contributed by atoms with E-state index in [-0.39, 0.29) is 17.1 Å². The fourth-order valence-corrected chi connectivity index (χ4v) is 2.13. The van der Waals surface area contributed by atoms with Gasteiger partial charge in [0, 0.05) is 23.0 Å². The van der Waals surface area contributed by atoms with Gasteiger partial charge >= 0.3 is 5.69 Å². The molecule has 1 amide bonds. The van der Waals surface area contributed by atoms with Gasteiger partial charge in [0.2, 0.25) is 0 Å². The highest BCUT2D eigenvalue weighted by molar-refractivity contribution is 6.30. The fraction of sp³-hybridized carbons (Fsp3) is 0. The minimum Gasteiger partial charge on any atom is -0.316 e. The molecule has 0 saturated carbocycles. The summed E-state index contributed by atoms with van der Waals surface area (Å²) in [5.74, 6) is -0.575. The number of halogens is 1. The molecular formula is C15H10ClN5O4. The zero-order chi connectivity index (χ0) is 18.0. The van der Waals surface area contributed by atoms with Crippen molar-refractivity contribution in [3.05, 3.63) is 78.4 Å². The molecule has 0 atom stereocenters. The first kappa shape index (κ1) is 16.4. The Morgan fingerprint density at radius 2 is 1.76 bits per heavy atom. The van der Waals surface area contributed by atoms with Gasteiger partial charge in [-0.25, -0.2) is 9.78 Å². The van der Waals surface area contributed by atoms with Crippen molar-refractivity contribution >= 4 is 23.2 Å². The number of benzene rings is 1. The number of anilines is 1. The number of hydrogen-bond donors (Lipinski definition) is 4. The van der Waals surface area contributed by atoms with Gasteiger partial charge in [-0.3, -0.25) is 19.4 Å². The molecule has 4 N–H and O–H groups in total. The molecule has 126 valence electrons. The van der Waals surface area contributed by atoms with Crippen LogP contribution in [-0.2, 0) is 0 Å². The van der Waals surface area contributed by atoms with Crippen molar-refractivity contribution in [1.82, 2.24) is 19.9 Å². The summed E-state index contributed by atoms with van der Waals surface area (Å²) in [5, 5.41) is 2.77. The minimum absolute atomic E-state index is 0.203. The molecule has 9 nitrogen and oxygen atoms in total. The average Bonchev–Trinajstić information content (AvgIpc) is 2.58. The van der Waals surface area contributed by atoms with Crippen LogP contribution in [0.25, 0.3) is 11.4 Å². The van der Waals surface area contributed by atoms with Gasteiger partial charge in [-0.2, -0.15) is 0 Å². The van der Waals surface area contributed by atoms with E-state index in [0.717, 1.165) is 12.4 Å². The second-order valence-electron chi connectivity index (χ2n) is 4.92. The Bertz CT molecular complexity index is 1110. The van der Waals surface area contributed by atoms with Crippen molar-refractivity contribution in [2.75, 3.05) is 5.32 Å². The summed E-state index contributed by atoms with van der Waals surface area (Å²) in [6.45, 7) is 0. The lowest BCUT2D eigenvalue weighted by Crippen LogP contribution is -2.29. The Kier molecular flexibility index (Phi) is 4.31. The van der Waals surface area contributed by atoms with E-state index in [9.17, 15) is 19.2 Å². The Hall–Kier alpha value is -3.46. The Labute approximate surface area is 143 Å². The van der Waals surface area contributed by atoms with Gasteiger partial charge in [0.1, 0.15) is 17.1 Å². The Balaban J connectivity index is 1.89. The number of carbonyl (C=O) groups excluding carboxylic acids is 1. The van der Waals surface area contributed by atoms with Crippen LogP contribution in [0.4, 0.5) is 5.69 Å². The van der Waals surface area contributed by atoms with E-state index in [1.54, 1.807) is 24.3 Å². The molecule has 0 aliphatic carbocycles. The quantitative estimate of drug-likeness (QED) is 0.545. The second kappa shape index (κ2) is 6.57. The van der Waals surface area contributed by atoms with Crippen molar-refractivity contribution < 1.29 is 4.79 Å². The third kappa shape index (κ3) is 3.56. The van der Waals surface area contributed by atoms with E-state index >= 15 is 0 Å². The largest absolute Gasteiger partial charge is 0.325 e. The van der Waals surface area contributed by atoms with Gasteiger partial charge in [-0.15, -0.1) is 0 Å². The number of aromatic nitrogens is 4. The fourth-order valence-electron chi connectivity index (χ4n) is 2.00. The molecule has 2 heterocycles. The Morgan fingerprint density at radius 3 is 2.40 bits per heavy atom. The van der Waals surface area contributed by atoms with Crippen molar-refractivity contribution in [3.8, 4) is 11.4 Å². The normalized spacial score (nSPS) is 10.4. The molecule has 25 heavy (non-hydrogen) atoms. The molecule has 10 heteroatoms. The van der Waals surface area contributed by atoms with Crippen molar-refractivity contribution in [2.24, 2.45) is 0 Å². The van der Waals surface area contributed by atoms with Crippen LogP contribution in [0.5, 0.6) is 0 Å². The third-order valence-electron chi connectivity index (χ3n) is 3.23. The predicted octanol–water partition coefficient (Wildman–Crippen LogP) is 0.719. The van der Waals surface area contributed by atoms with Gasteiger partial charge in [0.05, 0.1) is 0 Å². The second-order valence-corrected chi connectivity index (χ2v) is 5.36. The van der Waals surface area contributed by atoms with E-state index in [4.69, 9.17) is 11.6 Å². The number of hydrogen-bond acceptors (Lipinski definition) is 5. The van der Waals surface area contributed by atoms with Crippen molar-refractivity contribution in [1.29, 1.82) is 0 Å². The van der Waals surface area contributed by atoms with Gasteiger partial charge < -0.3 is 15.3 Å². The summed E-state index contributed by atoms with van der Waals surface area (Å²) < 4.78 is 0. The maximum atomic E-state index is 12.1. The number of nitrogens with zero attached hydrogens (tertiary/aromatic N) is 1. The lowest BCUT2D eigenvalue weighted by Gasteiger charge is -2.05. The van der Waals surface area contributed by atoms with E-state index < -0.39 is 22.7 Å². The SMILES string of the molecule is O=C(Nc1c[nH]c(=O)[nH]c1=O)c1cnc(-c2ccc(Cl)cc2)[nH]c1=O. The summed E-state index contributed by atoms with van der Waals surface area (Å²) in [5.41, 5.74) is -2.06. The molecule has 0 saturated heterocycles. The van der Waals surface area contributed by atoms with Crippen molar-refractivity contribution in [2.45, 2.75) is 0 Å². The first-order valence-corrected chi connectivity index (χ1v) is 7.30. The van der Waals surface area contributed by atoms with Gasteiger partial charge in [-0.1, -0.05) is 11.6 Å². The smallest absolute Gasteiger partial charge is 0.316 e. The summed E-state index contributed by atoms with van der Waals surface area (Å²) in [4.78, 5) is 57.4. The van der Waals surface area contributed by atoms with Crippen LogP contribution < -0.4 is 22.1 Å². The van der Waals surface area contributed by atoms with Crippen LogP contribution in [0.1, 0.15) is 10.4 Å². The molecule has 3 aromatic rings. The first-order chi connectivity index (χ1) is 11.9. The lowest BCUT2D eigenvalue weighted by atomic mass is 10.2. The average molecular weight is 360 g/mol. The number of nitrogens with one attached hydrogen (secondary N) is 4. The Morgan fingerprint density at radius 1 is 1.04 bits per heavy atom. The molecular weight excluding hydrogens is 350 g/mol. The zero-order valence-electron chi connectivity index (χ0n) is 12.4. The number of aromatic amines is 3. The molecule has 0 aliphatic heterocycles. The molecule has 0 radical (unpaired) electrons. The van der Waals surface area contributed by atoms with Crippen LogP contribution in [0, 0.1) is 0 Å². The predicted molar refractivity (Wildman–Crippen MR) is 90.9 cm³/mol. The highest BCUT2D eigenvalue weighted by atomic mass is 35.5. The standard InChI is InChI=1S/C15H10ClN5O4/c16-8-3-1-7(2-4-8)11-17-5-9(13(23)20-11)12(22)19-10-6-18-15(25)21-14(10)24/h1-6H,(H,19,22)(H,17,20,23)(H2,18,21,24,25). The molecule has 0 aliphatic rings. The molecule has 0 bridgehead atoms. The molecule has 3 rings (SSSR count). The van der Waals surface area contributed by atoms with E-state index in [2.05, 4.69) is 20.3 Å². The molecule has 0 spiro atoms. The van der Waals surface area contributed by atoms with Crippen LogP contribution in [-0.4, -0.2) is 25.8 Å². The molecule has 1 aromatic carbocycles. The lowest BCUT2D eigenvalue weighted by molar-refractivity contribution is 0.102. The molecule has 0 unspecified atom stereocenters. The summed E-state index contributed by atoms with van der Waals surface area (Å²) in [6, 6.07) is 6.61. The maximum absolute atomic E-state index is 12.1. The highest BCUT2D eigenvalue weighted by Crippen LogP contribution is 2.16. The molecule has 2 aromatic heterocycles. The first-order valence-electron chi connectivity index (χ1n) is 6.92. The van der Waals surface area contributed by atoms with Crippen molar-refractivity contribution in [3.63, 3.8) is 0 Å². The number of amides is 1. The topological polar surface area (TPSA) is 141 Å². The van der Waals surface area contributed by atoms with Gasteiger partial charge in [-0.05, 0) is 24.3 Å². The van der Waals surface area contributed by atoms with E-state index in [1.165, 1.54) is 0 Å². The van der Waals surface area contributed by atoms with Gasteiger partial charge in [0.15, 0.2) is 0 Å². The van der Waals surface area contributed by atoms with Crippen LogP contribution in [0.15, 0.2) is 51.0 Å². The summed E-state index contributed by atoms with van der Waals surface area (Å²) >= 11 is 5.80. The van der Waals surface area contributed by atoms with E-state index in [1.807, 2.05) is 4.98 Å². The van der Waals surface area contributed by atoms with Crippen LogP contribution in [0.3, 0.4) is 0 Å². The minimum atomic E-state index is -0.839. The third-order valence-corrected chi connectivity index (χ3v) is 3.48. The van der Waals surface area contributed by atoms with Gasteiger partial charge in [0.25, 0.3) is 17.0 Å². The number of rotatable bonds is 3. The van der Waals surface area contributed by atoms with E-state index in [0.29, 0.717) is 10.6 Å². The zero-order valence-corrected chi connectivity index (χ0v) is 13.2. The number of carbonyl (C=O) groups is 1. The summed E-state index contributed by atoms with van der Waals surface area (Å²) in [6.07, 6.45) is 2.13. The highest BCUT2D eigenvalue weighted by Gasteiger charge is 2.14.